The molecular formula is C13H13N3O. The molecule has 2 rings (SSSR count). The van der Waals surface area contributed by atoms with E-state index >= 15 is 0 Å². The van der Waals surface area contributed by atoms with Crippen LogP contribution >= 0.6 is 0 Å². The van der Waals surface area contributed by atoms with Gasteiger partial charge in [0.15, 0.2) is 0 Å². The maximum Gasteiger partial charge on any atom is 0.251 e. The van der Waals surface area contributed by atoms with Gasteiger partial charge in [0.05, 0.1) is 0 Å². The Labute approximate surface area is 99.7 Å². The van der Waals surface area contributed by atoms with E-state index < -0.39 is 0 Å². The molecule has 4 heteroatoms. The topological polar surface area (TPSA) is 54.9 Å². The lowest BCUT2D eigenvalue weighted by Gasteiger charge is -2.04. The van der Waals surface area contributed by atoms with Crippen LogP contribution in [0.15, 0.2) is 49.1 Å². The van der Waals surface area contributed by atoms with Gasteiger partial charge in [-0.15, -0.1) is 0 Å². The van der Waals surface area contributed by atoms with Gasteiger partial charge in [0.1, 0.15) is 0 Å². The fourth-order valence-corrected chi connectivity index (χ4v) is 1.47. The molecule has 1 N–H and O–H groups in total. The van der Waals surface area contributed by atoms with Crippen LogP contribution in [0.2, 0.25) is 0 Å². The largest absolute Gasteiger partial charge is 0.352 e. The van der Waals surface area contributed by atoms with Crippen LogP contribution in [0.3, 0.4) is 0 Å². The standard InChI is InChI=1S/C13H13N3O/c17-13(12-4-7-14-8-5-12)16-9-3-11-2-1-6-15-10-11/h1-2,4-8,10H,3,9H2,(H,16,17). The molecule has 86 valence electrons. The van der Waals surface area contributed by atoms with Gasteiger partial charge < -0.3 is 5.32 Å². The molecule has 0 radical (unpaired) electrons. The monoisotopic (exact) mass is 227 g/mol. The molecule has 0 fully saturated rings. The predicted molar refractivity (Wildman–Crippen MR) is 64.5 cm³/mol. The molecule has 0 spiro atoms. The smallest absolute Gasteiger partial charge is 0.251 e. The van der Waals surface area contributed by atoms with Crippen LogP contribution < -0.4 is 5.32 Å². The quantitative estimate of drug-likeness (QED) is 0.860. The number of carbonyl (C=O) groups is 1. The second kappa shape index (κ2) is 5.75. The van der Waals surface area contributed by atoms with Crippen molar-refractivity contribution in [1.29, 1.82) is 0 Å². The van der Waals surface area contributed by atoms with Gasteiger partial charge in [-0.05, 0) is 30.2 Å². The minimum absolute atomic E-state index is 0.0729. The van der Waals surface area contributed by atoms with E-state index in [1.165, 1.54) is 0 Å². The van der Waals surface area contributed by atoms with E-state index in [9.17, 15) is 4.79 Å². The Bertz CT molecular complexity index is 471. The van der Waals surface area contributed by atoms with E-state index in [0.717, 1.165) is 12.0 Å². The summed E-state index contributed by atoms with van der Waals surface area (Å²) in [6.07, 6.45) is 7.54. The lowest BCUT2D eigenvalue weighted by atomic mass is 10.2. The Kier molecular flexibility index (Phi) is 3.81. The molecule has 1 amide bonds. The highest BCUT2D eigenvalue weighted by Crippen LogP contribution is 1.98. The number of nitrogens with zero attached hydrogens (tertiary/aromatic N) is 2. The zero-order chi connectivity index (χ0) is 11.9. The van der Waals surface area contributed by atoms with Crippen LogP contribution in [0.25, 0.3) is 0 Å². The summed E-state index contributed by atoms with van der Waals surface area (Å²) in [5, 5.41) is 2.85. The van der Waals surface area contributed by atoms with Crippen molar-refractivity contribution in [3.8, 4) is 0 Å². The zero-order valence-corrected chi connectivity index (χ0v) is 9.34. The van der Waals surface area contributed by atoms with E-state index in [2.05, 4.69) is 15.3 Å². The molecule has 2 aromatic rings. The van der Waals surface area contributed by atoms with Gasteiger partial charge in [-0.3, -0.25) is 14.8 Å². The summed E-state index contributed by atoms with van der Waals surface area (Å²) in [4.78, 5) is 19.6. The average molecular weight is 227 g/mol. The fraction of sp³-hybridized carbons (Fsp3) is 0.154. The van der Waals surface area contributed by atoms with Crippen molar-refractivity contribution in [3.05, 3.63) is 60.2 Å². The van der Waals surface area contributed by atoms with Gasteiger partial charge in [0, 0.05) is 36.9 Å². The van der Waals surface area contributed by atoms with Crippen LogP contribution in [0.5, 0.6) is 0 Å². The van der Waals surface area contributed by atoms with Gasteiger partial charge >= 0.3 is 0 Å². The van der Waals surface area contributed by atoms with Crippen molar-refractivity contribution in [2.24, 2.45) is 0 Å². The van der Waals surface area contributed by atoms with E-state index in [1.807, 2.05) is 12.1 Å². The maximum absolute atomic E-state index is 11.7. The number of hydrogen-bond acceptors (Lipinski definition) is 3. The second-order valence-electron chi connectivity index (χ2n) is 3.60. The summed E-state index contributed by atoms with van der Waals surface area (Å²) in [6.45, 7) is 0.604. The number of hydrogen-bond donors (Lipinski definition) is 1. The third kappa shape index (κ3) is 3.38. The second-order valence-corrected chi connectivity index (χ2v) is 3.60. The summed E-state index contributed by atoms with van der Waals surface area (Å²) in [5.41, 5.74) is 1.74. The molecule has 0 atom stereocenters. The molecule has 2 heterocycles. The first kappa shape index (κ1) is 11.3. The number of pyridine rings is 2. The van der Waals surface area contributed by atoms with Crippen LogP contribution in [0.4, 0.5) is 0 Å². The van der Waals surface area contributed by atoms with Gasteiger partial charge in [-0.2, -0.15) is 0 Å². The molecule has 0 bridgehead atoms. The third-order valence-corrected chi connectivity index (χ3v) is 2.36. The summed E-state index contributed by atoms with van der Waals surface area (Å²) >= 11 is 0. The van der Waals surface area contributed by atoms with Gasteiger partial charge in [0.2, 0.25) is 0 Å². The number of rotatable bonds is 4. The molecule has 4 nitrogen and oxygen atoms in total. The van der Waals surface area contributed by atoms with Crippen molar-refractivity contribution in [1.82, 2.24) is 15.3 Å². The molecule has 0 aliphatic rings. The predicted octanol–water partition coefficient (Wildman–Crippen LogP) is 1.45. The summed E-state index contributed by atoms with van der Waals surface area (Å²) in [5.74, 6) is -0.0729. The van der Waals surface area contributed by atoms with Crippen molar-refractivity contribution >= 4 is 5.91 Å². The minimum atomic E-state index is -0.0729. The van der Waals surface area contributed by atoms with E-state index in [1.54, 1.807) is 36.9 Å². The van der Waals surface area contributed by atoms with E-state index in [0.29, 0.717) is 12.1 Å². The first-order chi connectivity index (χ1) is 8.36. The third-order valence-electron chi connectivity index (χ3n) is 2.36. The molecule has 0 aromatic carbocycles. The molecule has 0 unspecified atom stereocenters. The molecular weight excluding hydrogens is 214 g/mol. The Morgan fingerprint density at radius 2 is 1.94 bits per heavy atom. The van der Waals surface area contributed by atoms with Gasteiger partial charge in [-0.25, -0.2) is 0 Å². The average Bonchev–Trinajstić information content (AvgIpc) is 2.41. The SMILES string of the molecule is O=C(NCCc1cccnc1)c1ccncc1. The number of aromatic nitrogens is 2. The first-order valence-corrected chi connectivity index (χ1v) is 5.43. The first-order valence-electron chi connectivity index (χ1n) is 5.43. The Morgan fingerprint density at radius 3 is 2.65 bits per heavy atom. The van der Waals surface area contributed by atoms with Crippen molar-refractivity contribution in [3.63, 3.8) is 0 Å². The highest BCUT2D eigenvalue weighted by Gasteiger charge is 2.03. The molecule has 0 aliphatic heterocycles. The lowest BCUT2D eigenvalue weighted by molar-refractivity contribution is 0.0954. The number of carbonyl (C=O) groups excluding carboxylic acids is 1. The molecule has 2 aromatic heterocycles. The molecule has 0 aliphatic carbocycles. The number of nitrogens with one attached hydrogen (secondary N) is 1. The Hall–Kier alpha value is -2.23. The summed E-state index contributed by atoms with van der Waals surface area (Å²) < 4.78 is 0. The van der Waals surface area contributed by atoms with Crippen molar-refractivity contribution in [2.75, 3.05) is 6.54 Å². The lowest BCUT2D eigenvalue weighted by Crippen LogP contribution is -2.25. The van der Waals surface area contributed by atoms with Crippen molar-refractivity contribution in [2.45, 2.75) is 6.42 Å². The zero-order valence-electron chi connectivity index (χ0n) is 9.34. The summed E-state index contributed by atoms with van der Waals surface area (Å²) in [7, 11) is 0. The minimum Gasteiger partial charge on any atom is -0.352 e. The van der Waals surface area contributed by atoms with Crippen LogP contribution in [-0.2, 0) is 6.42 Å². The Morgan fingerprint density at radius 1 is 1.12 bits per heavy atom. The highest BCUT2D eigenvalue weighted by molar-refractivity contribution is 5.93. The Balaban J connectivity index is 1.82. The van der Waals surface area contributed by atoms with E-state index in [4.69, 9.17) is 0 Å². The van der Waals surface area contributed by atoms with Crippen molar-refractivity contribution < 1.29 is 4.79 Å². The fourth-order valence-electron chi connectivity index (χ4n) is 1.47. The maximum atomic E-state index is 11.7. The molecule has 0 saturated carbocycles. The number of amides is 1. The highest BCUT2D eigenvalue weighted by atomic mass is 16.1. The molecule has 17 heavy (non-hydrogen) atoms. The molecule has 0 saturated heterocycles. The van der Waals surface area contributed by atoms with E-state index in [-0.39, 0.29) is 5.91 Å². The normalized spacial score (nSPS) is 9.88. The van der Waals surface area contributed by atoms with Gasteiger partial charge in [0.25, 0.3) is 5.91 Å². The summed E-state index contributed by atoms with van der Waals surface area (Å²) in [6, 6.07) is 7.27. The van der Waals surface area contributed by atoms with Crippen LogP contribution in [0.1, 0.15) is 15.9 Å². The van der Waals surface area contributed by atoms with Gasteiger partial charge in [-0.1, -0.05) is 6.07 Å². The van der Waals surface area contributed by atoms with Crippen LogP contribution in [0, 0.1) is 0 Å². The van der Waals surface area contributed by atoms with Crippen LogP contribution in [-0.4, -0.2) is 22.4 Å².